The zero-order chi connectivity index (χ0) is 14.0. The molecule has 0 radical (unpaired) electrons. The molecule has 2 aromatic rings. The Morgan fingerprint density at radius 1 is 1.16 bits per heavy atom. The van der Waals surface area contributed by atoms with Gasteiger partial charge in [0.15, 0.2) is 5.76 Å². The third kappa shape index (κ3) is 2.70. The lowest BCUT2D eigenvalue weighted by Crippen LogP contribution is -2.13. The first-order valence-electron chi connectivity index (χ1n) is 5.73. The van der Waals surface area contributed by atoms with Crippen LogP contribution in [0.4, 0.5) is 13.2 Å². The number of hydrogen-bond acceptors (Lipinski definition) is 2. The van der Waals surface area contributed by atoms with Crippen molar-refractivity contribution in [3.8, 4) is 0 Å². The van der Waals surface area contributed by atoms with Crippen molar-refractivity contribution in [1.29, 1.82) is 0 Å². The summed E-state index contributed by atoms with van der Waals surface area (Å²) in [6.45, 7) is 1.83. The molecular weight excluding hydrogens is 257 g/mol. The zero-order valence-electron chi connectivity index (χ0n) is 10.1. The molecule has 0 aliphatic carbocycles. The first-order valence-corrected chi connectivity index (χ1v) is 5.73. The van der Waals surface area contributed by atoms with Crippen LogP contribution in [0.2, 0.25) is 0 Å². The van der Waals surface area contributed by atoms with E-state index in [0.29, 0.717) is 12.2 Å². The summed E-state index contributed by atoms with van der Waals surface area (Å²) in [6, 6.07) is 7.67. The molecule has 0 amide bonds. The van der Waals surface area contributed by atoms with E-state index in [9.17, 15) is 18.0 Å². The molecule has 0 bridgehead atoms. The van der Waals surface area contributed by atoms with Crippen LogP contribution >= 0.6 is 0 Å². The van der Waals surface area contributed by atoms with E-state index in [2.05, 4.69) is 0 Å². The molecule has 0 saturated carbocycles. The van der Waals surface area contributed by atoms with Gasteiger partial charge in [0, 0.05) is 12.0 Å². The van der Waals surface area contributed by atoms with Gasteiger partial charge in [0.1, 0.15) is 5.76 Å². The minimum absolute atomic E-state index is 0.0754. The first-order chi connectivity index (χ1) is 8.93. The molecular formula is C14H11F3O2. The van der Waals surface area contributed by atoms with Gasteiger partial charge in [-0.1, -0.05) is 25.1 Å². The molecule has 0 spiro atoms. The van der Waals surface area contributed by atoms with Gasteiger partial charge in [-0.05, 0) is 18.2 Å². The van der Waals surface area contributed by atoms with E-state index >= 15 is 0 Å². The predicted octanol–water partition coefficient (Wildman–Crippen LogP) is 4.09. The van der Waals surface area contributed by atoms with Crippen molar-refractivity contribution in [3.05, 3.63) is 59.0 Å². The van der Waals surface area contributed by atoms with Crippen LogP contribution in [0.15, 0.2) is 40.8 Å². The maximum absolute atomic E-state index is 12.8. The SMILES string of the molecule is CCc1ccc(C(=O)c2ccccc2C(F)(F)F)o1. The highest BCUT2D eigenvalue weighted by atomic mass is 19.4. The van der Waals surface area contributed by atoms with Crippen LogP contribution in [-0.2, 0) is 12.6 Å². The molecule has 0 N–H and O–H groups in total. The largest absolute Gasteiger partial charge is 0.458 e. The van der Waals surface area contributed by atoms with Gasteiger partial charge >= 0.3 is 6.18 Å². The van der Waals surface area contributed by atoms with Gasteiger partial charge in [-0.3, -0.25) is 4.79 Å². The van der Waals surface area contributed by atoms with E-state index in [1.54, 1.807) is 6.07 Å². The Labute approximate surface area is 107 Å². The molecule has 0 aliphatic rings. The molecule has 0 unspecified atom stereocenters. The van der Waals surface area contributed by atoms with Gasteiger partial charge in [0.05, 0.1) is 5.56 Å². The van der Waals surface area contributed by atoms with Crippen LogP contribution in [0, 0.1) is 0 Å². The summed E-state index contributed by atoms with van der Waals surface area (Å²) < 4.78 is 43.6. The standard InChI is InChI=1S/C14H11F3O2/c1-2-9-7-8-12(19-9)13(18)10-5-3-4-6-11(10)14(15,16)17/h3-8H,2H2,1H3. The molecule has 0 atom stereocenters. The molecule has 2 rings (SSSR count). The van der Waals surface area contributed by atoms with Gasteiger partial charge in [-0.2, -0.15) is 13.2 Å². The summed E-state index contributed by atoms with van der Waals surface area (Å²) in [5, 5.41) is 0. The maximum Gasteiger partial charge on any atom is 0.417 e. The van der Waals surface area contributed by atoms with Crippen molar-refractivity contribution in [2.75, 3.05) is 0 Å². The molecule has 1 heterocycles. The third-order valence-corrected chi connectivity index (χ3v) is 2.71. The quantitative estimate of drug-likeness (QED) is 0.785. The minimum Gasteiger partial charge on any atom is -0.458 e. The Balaban J connectivity index is 2.44. The number of alkyl halides is 3. The molecule has 5 heteroatoms. The molecule has 1 aromatic heterocycles. The highest BCUT2D eigenvalue weighted by molar-refractivity contribution is 6.08. The Morgan fingerprint density at radius 3 is 2.42 bits per heavy atom. The monoisotopic (exact) mass is 268 g/mol. The number of hydrogen-bond donors (Lipinski definition) is 0. The number of furan rings is 1. The van der Waals surface area contributed by atoms with Crippen LogP contribution in [0.25, 0.3) is 0 Å². The van der Waals surface area contributed by atoms with Crippen molar-refractivity contribution in [3.63, 3.8) is 0 Å². The highest BCUT2D eigenvalue weighted by Gasteiger charge is 2.35. The van der Waals surface area contributed by atoms with E-state index in [0.717, 1.165) is 12.1 Å². The van der Waals surface area contributed by atoms with Crippen molar-refractivity contribution in [2.24, 2.45) is 0 Å². The molecule has 19 heavy (non-hydrogen) atoms. The summed E-state index contributed by atoms with van der Waals surface area (Å²) >= 11 is 0. The second-order valence-corrected chi connectivity index (χ2v) is 3.99. The maximum atomic E-state index is 12.8. The Morgan fingerprint density at radius 2 is 1.84 bits per heavy atom. The van der Waals surface area contributed by atoms with Crippen LogP contribution in [-0.4, -0.2) is 5.78 Å². The lowest BCUT2D eigenvalue weighted by Gasteiger charge is -2.10. The molecule has 0 fully saturated rings. The lowest BCUT2D eigenvalue weighted by atomic mass is 10.0. The third-order valence-electron chi connectivity index (χ3n) is 2.71. The van der Waals surface area contributed by atoms with Crippen LogP contribution < -0.4 is 0 Å². The molecule has 0 aliphatic heterocycles. The van der Waals surface area contributed by atoms with Crippen molar-refractivity contribution in [2.45, 2.75) is 19.5 Å². The fraction of sp³-hybridized carbons (Fsp3) is 0.214. The van der Waals surface area contributed by atoms with E-state index < -0.39 is 23.1 Å². The highest BCUT2D eigenvalue weighted by Crippen LogP contribution is 2.33. The van der Waals surface area contributed by atoms with Gasteiger partial charge in [-0.25, -0.2) is 0 Å². The van der Waals surface area contributed by atoms with Gasteiger partial charge < -0.3 is 4.42 Å². The molecule has 100 valence electrons. The van der Waals surface area contributed by atoms with Crippen LogP contribution in [0.3, 0.4) is 0 Å². The van der Waals surface area contributed by atoms with Crippen molar-refractivity contribution >= 4 is 5.78 Å². The molecule has 0 saturated heterocycles. The minimum atomic E-state index is -4.56. The fourth-order valence-electron chi connectivity index (χ4n) is 1.75. The van der Waals surface area contributed by atoms with Gasteiger partial charge in [-0.15, -0.1) is 0 Å². The van der Waals surface area contributed by atoms with Crippen LogP contribution in [0.5, 0.6) is 0 Å². The zero-order valence-corrected chi connectivity index (χ0v) is 10.1. The smallest absolute Gasteiger partial charge is 0.417 e. The summed E-state index contributed by atoms with van der Waals surface area (Å²) in [5.41, 5.74) is -1.35. The average molecular weight is 268 g/mol. The number of carbonyl (C=O) groups excluding carboxylic acids is 1. The van der Waals surface area contributed by atoms with E-state index in [4.69, 9.17) is 4.42 Å². The fourth-order valence-corrected chi connectivity index (χ4v) is 1.75. The summed E-state index contributed by atoms with van der Waals surface area (Å²) in [7, 11) is 0. The number of rotatable bonds is 3. The van der Waals surface area contributed by atoms with Gasteiger partial charge in [0.2, 0.25) is 5.78 Å². The molecule has 1 aromatic carbocycles. The number of carbonyl (C=O) groups is 1. The lowest BCUT2D eigenvalue weighted by molar-refractivity contribution is -0.137. The summed E-state index contributed by atoms with van der Waals surface area (Å²) in [5.74, 6) is -0.269. The Bertz CT molecular complexity index is 597. The average Bonchev–Trinajstić information content (AvgIpc) is 2.85. The van der Waals surface area contributed by atoms with E-state index in [-0.39, 0.29) is 5.76 Å². The van der Waals surface area contributed by atoms with Gasteiger partial charge in [0.25, 0.3) is 0 Å². The Kier molecular flexibility index (Phi) is 3.46. The number of ketones is 1. The first kappa shape index (κ1) is 13.4. The van der Waals surface area contributed by atoms with Crippen molar-refractivity contribution < 1.29 is 22.4 Å². The summed E-state index contributed by atoms with van der Waals surface area (Å²) in [6.07, 6.45) is -3.99. The summed E-state index contributed by atoms with van der Waals surface area (Å²) in [4.78, 5) is 12.0. The second kappa shape index (κ2) is 4.91. The Hall–Kier alpha value is -2.04. The van der Waals surface area contributed by atoms with Crippen molar-refractivity contribution in [1.82, 2.24) is 0 Å². The predicted molar refractivity (Wildman–Crippen MR) is 63.0 cm³/mol. The van der Waals surface area contributed by atoms with E-state index in [1.807, 2.05) is 6.92 Å². The topological polar surface area (TPSA) is 30.2 Å². The number of aryl methyl sites for hydroxylation is 1. The normalized spacial score (nSPS) is 11.6. The second-order valence-electron chi connectivity index (χ2n) is 3.99. The molecule has 2 nitrogen and oxygen atoms in total. The van der Waals surface area contributed by atoms with E-state index in [1.165, 1.54) is 18.2 Å². The number of halogens is 3. The number of benzene rings is 1. The van der Waals surface area contributed by atoms with Crippen LogP contribution in [0.1, 0.15) is 34.4 Å².